The van der Waals surface area contributed by atoms with Gasteiger partial charge in [0.2, 0.25) is 0 Å². The van der Waals surface area contributed by atoms with E-state index >= 15 is 0 Å². The average molecular weight is 357 g/mol. The third-order valence-electron chi connectivity index (χ3n) is 5.93. The molecule has 2 N–H and O–H groups in total. The Morgan fingerprint density at radius 2 is 1.81 bits per heavy atom. The smallest absolute Gasteiger partial charge is 0.256 e. The number of para-hydroxylation sites is 1. The zero-order valence-electron chi connectivity index (χ0n) is 15.2. The van der Waals surface area contributed by atoms with Crippen LogP contribution in [0.15, 0.2) is 30.5 Å². The number of aliphatic hydroxyl groups is 2. The van der Waals surface area contributed by atoms with Crippen molar-refractivity contribution >= 4 is 16.8 Å². The van der Waals surface area contributed by atoms with E-state index in [9.17, 15) is 15.0 Å². The Morgan fingerprint density at radius 1 is 1.08 bits per heavy atom. The number of piperidine rings is 2. The molecule has 140 valence electrons. The van der Waals surface area contributed by atoms with Crippen LogP contribution in [0.1, 0.15) is 29.6 Å². The van der Waals surface area contributed by atoms with Crippen LogP contribution in [0.5, 0.6) is 0 Å². The Labute approximate surface area is 153 Å². The molecule has 6 heteroatoms. The van der Waals surface area contributed by atoms with Crippen LogP contribution in [0.3, 0.4) is 0 Å². The third kappa shape index (κ3) is 3.13. The van der Waals surface area contributed by atoms with Gasteiger partial charge in [0.15, 0.2) is 0 Å². The first-order valence-electron chi connectivity index (χ1n) is 9.48. The van der Waals surface area contributed by atoms with Gasteiger partial charge in [-0.2, -0.15) is 0 Å². The van der Waals surface area contributed by atoms with Crippen LogP contribution < -0.4 is 0 Å². The molecule has 0 spiro atoms. The van der Waals surface area contributed by atoms with Crippen molar-refractivity contribution in [3.05, 3.63) is 36.0 Å². The number of amides is 1. The predicted molar refractivity (Wildman–Crippen MR) is 100 cm³/mol. The summed E-state index contributed by atoms with van der Waals surface area (Å²) >= 11 is 0. The number of benzene rings is 1. The highest BCUT2D eigenvalue weighted by Crippen LogP contribution is 2.26. The summed E-state index contributed by atoms with van der Waals surface area (Å²) in [4.78, 5) is 17.1. The van der Waals surface area contributed by atoms with Gasteiger partial charge in [0, 0.05) is 56.4 Å². The first kappa shape index (κ1) is 17.5. The van der Waals surface area contributed by atoms with Gasteiger partial charge in [0.1, 0.15) is 0 Å². The molecule has 1 amide bonds. The zero-order chi connectivity index (χ0) is 18.3. The maximum absolute atomic E-state index is 13.1. The monoisotopic (exact) mass is 357 g/mol. The Morgan fingerprint density at radius 3 is 2.54 bits per heavy atom. The molecule has 2 aromatic rings. The van der Waals surface area contributed by atoms with E-state index in [-0.39, 0.29) is 18.1 Å². The zero-order valence-corrected chi connectivity index (χ0v) is 15.2. The number of carbonyl (C=O) groups is 1. The van der Waals surface area contributed by atoms with Gasteiger partial charge in [-0.25, -0.2) is 0 Å². The summed E-state index contributed by atoms with van der Waals surface area (Å²) in [6.45, 7) is 2.66. The number of aryl methyl sites for hydroxylation is 1. The first-order chi connectivity index (χ1) is 12.5. The number of fused-ring (bicyclic) bond motifs is 1. The van der Waals surface area contributed by atoms with Crippen molar-refractivity contribution < 1.29 is 15.0 Å². The fourth-order valence-electron chi connectivity index (χ4n) is 4.43. The summed E-state index contributed by atoms with van der Waals surface area (Å²) in [7, 11) is 1.95. The lowest BCUT2D eigenvalue weighted by Crippen LogP contribution is -2.57. The fraction of sp³-hybridized carbons (Fsp3) is 0.550. The maximum atomic E-state index is 13.1. The summed E-state index contributed by atoms with van der Waals surface area (Å²) in [6, 6.07) is 7.99. The Balaban J connectivity index is 1.47. The maximum Gasteiger partial charge on any atom is 0.256 e. The number of rotatable bonds is 2. The number of hydrogen-bond donors (Lipinski definition) is 2. The third-order valence-corrected chi connectivity index (χ3v) is 5.93. The number of β-amino-alcohol motifs (C(OH)–C–C–N with tert-alkyl or cyclic N) is 1. The number of hydrogen-bond acceptors (Lipinski definition) is 4. The number of aliphatic hydroxyl groups excluding tert-OH is 2. The van der Waals surface area contributed by atoms with Crippen molar-refractivity contribution in [2.75, 3.05) is 26.2 Å². The molecule has 3 heterocycles. The van der Waals surface area contributed by atoms with Gasteiger partial charge in [-0.1, -0.05) is 18.2 Å². The fourth-order valence-corrected chi connectivity index (χ4v) is 4.43. The minimum absolute atomic E-state index is 0.00614. The second kappa shape index (κ2) is 7.02. The second-order valence-electron chi connectivity index (χ2n) is 7.61. The van der Waals surface area contributed by atoms with Crippen LogP contribution >= 0.6 is 0 Å². The van der Waals surface area contributed by atoms with E-state index in [0.29, 0.717) is 18.7 Å². The van der Waals surface area contributed by atoms with E-state index < -0.39 is 6.10 Å². The van der Waals surface area contributed by atoms with E-state index in [1.165, 1.54) is 0 Å². The molecule has 26 heavy (non-hydrogen) atoms. The normalized spacial score (nSPS) is 25.7. The van der Waals surface area contributed by atoms with Crippen molar-refractivity contribution in [3.63, 3.8) is 0 Å². The molecule has 0 unspecified atom stereocenters. The molecule has 2 aliphatic rings. The van der Waals surface area contributed by atoms with E-state index in [0.717, 1.165) is 43.3 Å². The van der Waals surface area contributed by atoms with Crippen molar-refractivity contribution in [1.29, 1.82) is 0 Å². The molecule has 1 aromatic carbocycles. The van der Waals surface area contributed by atoms with E-state index in [4.69, 9.17) is 0 Å². The SMILES string of the molecule is Cn1cc(C(=O)N2CC[C@@H](N3CCC(O)CC3)[C@H](O)C2)c2ccccc21. The Bertz CT molecular complexity index is 795. The van der Waals surface area contributed by atoms with E-state index in [2.05, 4.69) is 4.90 Å². The number of likely N-dealkylation sites (tertiary alicyclic amines) is 2. The summed E-state index contributed by atoms with van der Waals surface area (Å²) in [5.74, 6) is -0.00614. The highest BCUT2D eigenvalue weighted by Gasteiger charge is 2.35. The minimum Gasteiger partial charge on any atom is -0.393 e. The molecule has 2 fully saturated rings. The summed E-state index contributed by atoms with van der Waals surface area (Å²) < 4.78 is 1.98. The van der Waals surface area contributed by atoms with Gasteiger partial charge in [-0.15, -0.1) is 0 Å². The molecule has 1 aromatic heterocycles. The van der Waals surface area contributed by atoms with Gasteiger partial charge < -0.3 is 19.7 Å². The first-order valence-corrected chi connectivity index (χ1v) is 9.48. The quantitative estimate of drug-likeness (QED) is 0.848. The largest absolute Gasteiger partial charge is 0.393 e. The minimum atomic E-state index is -0.544. The lowest BCUT2D eigenvalue weighted by atomic mass is 9.96. The molecule has 0 aliphatic carbocycles. The van der Waals surface area contributed by atoms with Crippen molar-refractivity contribution in [2.24, 2.45) is 7.05 Å². The van der Waals surface area contributed by atoms with Crippen LogP contribution in [-0.4, -0.2) is 74.9 Å². The molecule has 2 aliphatic heterocycles. The molecule has 2 saturated heterocycles. The lowest BCUT2D eigenvalue weighted by molar-refractivity contribution is -0.0290. The van der Waals surface area contributed by atoms with E-state index in [1.54, 1.807) is 4.90 Å². The predicted octanol–water partition coefficient (Wildman–Crippen LogP) is 1.21. The lowest BCUT2D eigenvalue weighted by Gasteiger charge is -2.43. The molecule has 0 saturated carbocycles. The molecular weight excluding hydrogens is 330 g/mol. The number of carbonyl (C=O) groups excluding carboxylic acids is 1. The van der Waals surface area contributed by atoms with Crippen LogP contribution in [0.4, 0.5) is 0 Å². The molecule has 6 nitrogen and oxygen atoms in total. The molecule has 2 atom stereocenters. The van der Waals surface area contributed by atoms with Gasteiger partial charge in [0.05, 0.1) is 17.8 Å². The van der Waals surface area contributed by atoms with Crippen molar-refractivity contribution in [2.45, 2.75) is 37.5 Å². The standard InChI is InChI=1S/C20H27N3O3/c1-21-12-16(15-4-2-3-5-17(15)21)20(26)23-11-8-18(19(25)13-23)22-9-6-14(24)7-10-22/h2-5,12,14,18-19,24-25H,6-11,13H2,1H3/t18-,19-/m1/s1. The second-order valence-corrected chi connectivity index (χ2v) is 7.61. The number of nitrogens with zero attached hydrogens (tertiary/aromatic N) is 3. The molecule has 4 rings (SSSR count). The summed E-state index contributed by atoms with van der Waals surface area (Å²) in [6.07, 6.45) is 3.43. The highest BCUT2D eigenvalue weighted by atomic mass is 16.3. The Kier molecular flexibility index (Phi) is 4.73. The van der Waals surface area contributed by atoms with Crippen LogP contribution in [0.25, 0.3) is 10.9 Å². The molecule has 0 radical (unpaired) electrons. The van der Waals surface area contributed by atoms with Gasteiger partial charge >= 0.3 is 0 Å². The average Bonchev–Trinajstić information content (AvgIpc) is 2.99. The van der Waals surface area contributed by atoms with Gasteiger partial charge in [-0.05, 0) is 25.3 Å². The molecule has 0 bridgehead atoms. The van der Waals surface area contributed by atoms with Crippen LogP contribution in [0, 0.1) is 0 Å². The highest BCUT2D eigenvalue weighted by molar-refractivity contribution is 6.07. The Hall–Kier alpha value is -1.89. The van der Waals surface area contributed by atoms with Crippen molar-refractivity contribution in [1.82, 2.24) is 14.4 Å². The van der Waals surface area contributed by atoms with Crippen LogP contribution in [-0.2, 0) is 7.05 Å². The molecular formula is C20H27N3O3. The van der Waals surface area contributed by atoms with Gasteiger partial charge in [0.25, 0.3) is 5.91 Å². The van der Waals surface area contributed by atoms with Crippen molar-refractivity contribution in [3.8, 4) is 0 Å². The van der Waals surface area contributed by atoms with Crippen LogP contribution in [0.2, 0.25) is 0 Å². The number of aromatic nitrogens is 1. The van der Waals surface area contributed by atoms with Gasteiger partial charge in [-0.3, -0.25) is 9.69 Å². The summed E-state index contributed by atoms with van der Waals surface area (Å²) in [5.41, 5.74) is 1.74. The van der Waals surface area contributed by atoms with E-state index in [1.807, 2.05) is 42.1 Å². The summed E-state index contributed by atoms with van der Waals surface area (Å²) in [5, 5.41) is 21.3. The topological polar surface area (TPSA) is 68.9 Å².